The van der Waals surface area contributed by atoms with Crippen LogP contribution < -0.4 is 0 Å². The maximum atomic E-state index is 12.0. The lowest BCUT2D eigenvalue weighted by atomic mass is 10.2. The van der Waals surface area contributed by atoms with Crippen molar-refractivity contribution >= 4 is 28.6 Å². The molecular formula is C17H18INO2. The molecule has 0 aliphatic rings. The molecule has 0 aliphatic carbocycles. The van der Waals surface area contributed by atoms with Crippen LogP contribution in [0.1, 0.15) is 15.9 Å². The van der Waals surface area contributed by atoms with Gasteiger partial charge in [-0.1, -0.05) is 42.5 Å². The van der Waals surface area contributed by atoms with Gasteiger partial charge in [0.1, 0.15) is 6.61 Å². The lowest BCUT2D eigenvalue weighted by molar-refractivity contribution is 0.0469. The molecule has 0 spiro atoms. The van der Waals surface area contributed by atoms with Gasteiger partial charge in [-0.3, -0.25) is 4.90 Å². The molecule has 0 amide bonds. The van der Waals surface area contributed by atoms with Crippen molar-refractivity contribution in [1.29, 1.82) is 0 Å². The predicted molar refractivity (Wildman–Crippen MR) is 92.2 cm³/mol. The summed E-state index contributed by atoms with van der Waals surface area (Å²) in [5.41, 5.74) is 1.88. The number of hydrogen-bond acceptors (Lipinski definition) is 3. The third kappa shape index (κ3) is 5.13. The Bertz CT molecular complexity index is 586. The number of rotatable bonds is 6. The second kappa shape index (κ2) is 8.14. The molecule has 4 heteroatoms. The van der Waals surface area contributed by atoms with Crippen LogP contribution in [0.5, 0.6) is 0 Å². The summed E-state index contributed by atoms with van der Waals surface area (Å²) in [7, 11) is 2.02. The first-order valence-electron chi connectivity index (χ1n) is 6.81. The Balaban J connectivity index is 1.76. The second-order valence-electron chi connectivity index (χ2n) is 4.84. The Morgan fingerprint density at radius 2 is 1.76 bits per heavy atom. The number of ether oxygens (including phenoxy) is 1. The van der Waals surface area contributed by atoms with E-state index in [4.69, 9.17) is 4.74 Å². The zero-order valence-electron chi connectivity index (χ0n) is 12.0. The van der Waals surface area contributed by atoms with Gasteiger partial charge in [-0.05, 0) is 47.3 Å². The minimum Gasteiger partial charge on any atom is -0.461 e. The molecule has 21 heavy (non-hydrogen) atoms. The largest absolute Gasteiger partial charge is 0.461 e. The fraction of sp³-hybridized carbons (Fsp3) is 0.235. The first-order valence-corrected chi connectivity index (χ1v) is 7.89. The monoisotopic (exact) mass is 395 g/mol. The molecule has 2 aromatic rings. The SMILES string of the molecule is CN(CCOC(=O)c1ccccc1I)Cc1ccccc1. The van der Waals surface area contributed by atoms with Crippen LogP contribution in [-0.2, 0) is 11.3 Å². The average molecular weight is 395 g/mol. The van der Waals surface area contributed by atoms with Gasteiger partial charge in [0.25, 0.3) is 0 Å². The molecule has 0 bridgehead atoms. The van der Waals surface area contributed by atoms with E-state index in [1.54, 1.807) is 6.07 Å². The first kappa shape index (κ1) is 16.0. The molecule has 110 valence electrons. The highest BCUT2D eigenvalue weighted by atomic mass is 127. The molecule has 0 aliphatic heterocycles. The van der Waals surface area contributed by atoms with Crippen LogP contribution in [0.4, 0.5) is 0 Å². The van der Waals surface area contributed by atoms with Crippen molar-refractivity contribution in [2.45, 2.75) is 6.54 Å². The van der Waals surface area contributed by atoms with E-state index in [9.17, 15) is 4.79 Å². The molecule has 0 saturated carbocycles. The fourth-order valence-electron chi connectivity index (χ4n) is 1.97. The molecule has 0 unspecified atom stereocenters. The Morgan fingerprint density at radius 3 is 2.48 bits per heavy atom. The third-order valence-electron chi connectivity index (χ3n) is 3.10. The predicted octanol–water partition coefficient (Wildman–Crippen LogP) is 3.58. The van der Waals surface area contributed by atoms with Gasteiger partial charge in [0.05, 0.1) is 5.56 Å². The van der Waals surface area contributed by atoms with Crippen molar-refractivity contribution in [3.05, 3.63) is 69.3 Å². The number of hydrogen-bond donors (Lipinski definition) is 0. The van der Waals surface area contributed by atoms with Gasteiger partial charge >= 0.3 is 5.97 Å². The topological polar surface area (TPSA) is 29.5 Å². The van der Waals surface area contributed by atoms with E-state index in [2.05, 4.69) is 39.6 Å². The summed E-state index contributed by atoms with van der Waals surface area (Å²) >= 11 is 2.14. The van der Waals surface area contributed by atoms with Crippen LogP contribution in [0.3, 0.4) is 0 Å². The van der Waals surface area contributed by atoms with E-state index in [1.165, 1.54) is 5.56 Å². The van der Waals surface area contributed by atoms with E-state index in [1.807, 2.05) is 43.4 Å². The van der Waals surface area contributed by atoms with Crippen molar-refractivity contribution in [3.8, 4) is 0 Å². The number of carbonyl (C=O) groups excluding carboxylic acids is 1. The van der Waals surface area contributed by atoms with E-state index in [0.29, 0.717) is 18.7 Å². The van der Waals surface area contributed by atoms with Crippen molar-refractivity contribution in [1.82, 2.24) is 4.90 Å². The van der Waals surface area contributed by atoms with Gasteiger partial charge in [-0.2, -0.15) is 0 Å². The lowest BCUT2D eigenvalue weighted by Crippen LogP contribution is -2.24. The Morgan fingerprint density at radius 1 is 1.10 bits per heavy atom. The standard InChI is InChI=1S/C17H18INO2/c1-19(13-14-7-3-2-4-8-14)11-12-21-17(20)15-9-5-6-10-16(15)18/h2-10H,11-13H2,1H3. The highest BCUT2D eigenvalue weighted by Gasteiger charge is 2.10. The highest BCUT2D eigenvalue weighted by molar-refractivity contribution is 14.1. The van der Waals surface area contributed by atoms with Crippen LogP contribution in [0, 0.1) is 3.57 Å². The van der Waals surface area contributed by atoms with Crippen LogP contribution in [0.2, 0.25) is 0 Å². The van der Waals surface area contributed by atoms with Gasteiger partial charge in [-0.25, -0.2) is 4.79 Å². The van der Waals surface area contributed by atoms with E-state index < -0.39 is 0 Å². The summed E-state index contributed by atoms with van der Waals surface area (Å²) in [4.78, 5) is 14.1. The Hall–Kier alpha value is -1.40. The average Bonchev–Trinajstić information content (AvgIpc) is 2.48. The summed E-state index contributed by atoms with van der Waals surface area (Å²) in [6, 6.07) is 17.7. The molecule has 0 fully saturated rings. The smallest absolute Gasteiger partial charge is 0.339 e. The van der Waals surface area contributed by atoms with Gasteiger partial charge in [-0.15, -0.1) is 0 Å². The molecule has 0 N–H and O–H groups in total. The van der Waals surface area contributed by atoms with Crippen molar-refractivity contribution in [2.75, 3.05) is 20.2 Å². The first-order chi connectivity index (χ1) is 10.2. The molecule has 0 heterocycles. The highest BCUT2D eigenvalue weighted by Crippen LogP contribution is 2.12. The number of likely N-dealkylation sites (N-methyl/N-ethyl adjacent to an activating group) is 1. The zero-order valence-corrected chi connectivity index (χ0v) is 14.1. The minimum absolute atomic E-state index is 0.256. The van der Waals surface area contributed by atoms with E-state index in [-0.39, 0.29) is 5.97 Å². The van der Waals surface area contributed by atoms with Gasteiger partial charge in [0.15, 0.2) is 0 Å². The minimum atomic E-state index is -0.256. The number of esters is 1. The normalized spacial score (nSPS) is 10.6. The molecular weight excluding hydrogens is 377 g/mol. The third-order valence-corrected chi connectivity index (χ3v) is 4.04. The van der Waals surface area contributed by atoms with Gasteiger partial charge < -0.3 is 4.74 Å². The maximum absolute atomic E-state index is 12.0. The Labute approximate surface area is 139 Å². The van der Waals surface area contributed by atoms with Gasteiger partial charge in [0.2, 0.25) is 0 Å². The van der Waals surface area contributed by atoms with Crippen molar-refractivity contribution < 1.29 is 9.53 Å². The lowest BCUT2D eigenvalue weighted by Gasteiger charge is -2.16. The summed E-state index contributed by atoms with van der Waals surface area (Å²) in [5.74, 6) is -0.256. The van der Waals surface area contributed by atoms with Crippen LogP contribution in [0.15, 0.2) is 54.6 Å². The Kier molecular flexibility index (Phi) is 6.20. The molecule has 3 nitrogen and oxygen atoms in total. The summed E-state index contributed by atoms with van der Waals surface area (Å²) in [5, 5.41) is 0. The van der Waals surface area contributed by atoms with Crippen LogP contribution in [-0.4, -0.2) is 31.1 Å². The summed E-state index contributed by atoms with van der Waals surface area (Å²) in [6.45, 7) is 1.96. The molecule has 0 aromatic heterocycles. The van der Waals surface area contributed by atoms with Crippen molar-refractivity contribution in [3.63, 3.8) is 0 Å². The van der Waals surface area contributed by atoms with E-state index >= 15 is 0 Å². The summed E-state index contributed by atoms with van der Waals surface area (Å²) < 4.78 is 6.25. The van der Waals surface area contributed by atoms with Crippen LogP contribution >= 0.6 is 22.6 Å². The molecule has 2 rings (SSSR count). The summed E-state index contributed by atoms with van der Waals surface area (Å²) in [6.07, 6.45) is 0. The molecule has 0 atom stereocenters. The zero-order chi connectivity index (χ0) is 15.1. The molecule has 2 aromatic carbocycles. The quantitative estimate of drug-likeness (QED) is 0.553. The van der Waals surface area contributed by atoms with E-state index in [0.717, 1.165) is 10.1 Å². The maximum Gasteiger partial charge on any atom is 0.339 e. The number of nitrogens with zero attached hydrogens (tertiary/aromatic N) is 1. The number of halogens is 1. The van der Waals surface area contributed by atoms with Crippen molar-refractivity contribution in [2.24, 2.45) is 0 Å². The van der Waals surface area contributed by atoms with Crippen LogP contribution in [0.25, 0.3) is 0 Å². The van der Waals surface area contributed by atoms with Gasteiger partial charge in [0, 0.05) is 16.7 Å². The second-order valence-corrected chi connectivity index (χ2v) is 6.00. The number of carbonyl (C=O) groups is 1. The molecule has 0 saturated heterocycles. The fourth-order valence-corrected chi connectivity index (χ4v) is 2.58. The molecule has 0 radical (unpaired) electrons. The number of benzene rings is 2.